The van der Waals surface area contributed by atoms with Crippen LogP contribution in [0.3, 0.4) is 0 Å². The number of amides is 1. The van der Waals surface area contributed by atoms with Crippen LogP contribution < -0.4 is 5.32 Å². The van der Waals surface area contributed by atoms with Crippen LogP contribution in [0.2, 0.25) is 5.02 Å². The number of rotatable bonds is 5. The fourth-order valence-electron chi connectivity index (χ4n) is 4.95. The Morgan fingerprint density at radius 2 is 1.66 bits per heavy atom. The highest BCUT2D eigenvalue weighted by Gasteiger charge is 2.43. The highest BCUT2D eigenvalue weighted by molar-refractivity contribution is 7.91. The van der Waals surface area contributed by atoms with Gasteiger partial charge in [-0.25, -0.2) is 17.9 Å². The Hall–Kier alpha value is -3.56. The second kappa shape index (κ2) is 9.63. The van der Waals surface area contributed by atoms with Gasteiger partial charge in [-0.1, -0.05) is 59.6 Å². The third kappa shape index (κ3) is 4.61. The van der Waals surface area contributed by atoms with Crippen molar-refractivity contribution in [2.24, 2.45) is 0 Å². The first kappa shape index (κ1) is 26.1. The quantitative estimate of drug-likeness (QED) is 0.389. The third-order valence-electron chi connectivity index (χ3n) is 7.24. The normalized spacial score (nSPS) is 16.3. The Bertz CT molecular complexity index is 1680. The number of nitrogens with one attached hydrogen (secondary N) is 1. The number of aromatic nitrogens is 3. The molecule has 0 aliphatic carbocycles. The van der Waals surface area contributed by atoms with Gasteiger partial charge in [0.2, 0.25) is 0 Å². The summed E-state index contributed by atoms with van der Waals surface area (Å²) in [5, 5.41) is 8.12. The van der Waals surface area contributed by atoms with Gasteiger partial charge >= 0.3 is 0 Å². The summed E-state index contributed by atoms with van der Waals surface area (Å²) in [5.74, 6) is -1.10. The molecule has 1 saturated heterocycles. The summed E-state index contributed by atoms with van der Waals surface area (Å²) in [5.41, 5.74) is 3.95. The van der Waals surface area contributed by atoms with Crippen molar-refractivity contribution in [2.75, 3.05) is 11.5 Å². The Balaban J connectivity index is 1.66. The summed E-state index contributed by atoms with van der Waals surface area (Å²) in [6, 6.07) is 15.4. The van der Waals surface area contributed by atoms with E-state index in [-0.39, 0.29) is 35.7 Å². The lowest BCUT2D eigenvalue weighted by molar-refractivity contribution is -0.123. The van der Waals surface area contributed by atoms with Gasteiger partial charge in [-0.2, -0.15) is 5.10 Å². The zero-order valence-electron chi connectivity index (χ0n) is 21.3. The molecule has 8 nitrogen and oxygen atoms in total. The van der Waals surface area contributed by atoms with Gasteiger partial charge in [0.15, 0.2) is 21.3 Å². The molecule has 10 heteroatoms. The van der Waals surface area contributed by atoms with E-state index in [0.717, 1.165) is 27.9 Å². The highest BCUT2D eigenvalue weighted by atomic mass is 35.5. The Morgan fingerprint density at radius 3 is 2.29 bits per heavy atom. The predicted molar refractivity (Wildman–Crippen MR) is 147 cm³/mol. The number of halogens is 1. The SMILES string of the molecule is CC(=O)C1(NC(=O)c2c(C)nn3c(-c4ccc(C)cc4)c(-c4ccccc4Cl)cnc23)CCS(=O)(=O)CC1. The molecule has 1 fully saturated rings. The van der Waals surface area contributed by atoms with E-state index in [1.54, 1.807) is 23.7 Å². The predicted octanol–water partition coefficient (Wildman–Crippen LogP) is 4.60. The van der Waals surface area contributed by atoms with Crippen LogP contribution in [-0.4, -0.2) is 51.8 Å². The summed E-state index contributed by atoms with van der Waals surface area (Å²) in [7, 11) is -3.24. The summed E-state index contributed by atoms with van der Waals surface area (Å²) in [4.78, 5) is 30.9. The molecular weight excluding hydrogens is 524 g/mol. The van der Waals surface area contributed by atoms with Gasteiger partial charge < -0.3 is 5.32 Å². The van der Waals surface area contributed by atoms with Crippen molar-refractivity contribution in [1.29, 1.82) is 0 Å². The Morgan fingerprint density at radius 1 is 1.00 bits per heavy atom. The second-order valence-corrected chi connectivity index (χ2v) is 12.5. The molecule has 2 aromatic heterocycles. The van der Waals surface area contributed by atoms with E-state index in [1.807, 2.05) is 49.4 Å². The average Bonchev–Trinajstić information content (AvgIpc) is 3.21. The largest absolute Gasteiger partial charge is 0.339 e. The number of hydrogen-bond acceptors (Lipinski definition) is 6. The van der Waals surface area contributed by atoms with Gasteiger partial charge in [0.05, 0.1) is 22.9 Å². The first-order valence-corrected chi connectivity index (χ1v) is 14.5. The number of benzene rings is 2. The molecule has 0 spiro atoms. The molecule has 5 rings (SSSR count). The standard InChI is InChI=1S/C28H27ClN4O4S/c1-17-8-10-20(11-9-17)25-22(21-6-4-5-7-23(21)29)16-30-26-24(18(2)32-33(25)26)27(35)31-28(19(3)34)12-14-38(36,37)15-13-28/h4-11,16H,12-15H2,1-3H3,(H,31,35). The number of fused-ring (bicyclic) bond motifs is 1. The Labute approximate surface area is 226 Å². The number of carbonyl (C=O) groups is 2. The molecule has 4 aromatic rings. The van der Waals surface area contributed by atoms with Crippen LogP contribution in [0.25, 0.3) is 28.0 Å². The van der Waals surface area contributed by atoms with Gasteiger partial charge in [-0.15, -0.1) is 0 Å². The maximum Gasteiger partial charge on any atom is 0.257 e. The van der Waals surface area contributed by atoms with E-state index >= 15 is 0 Å². The first-order chi connectivity index (χ1) is 18.0. The zero-order chi connectivity index (χ0) is 27.2. The van der Waals surface area contributed by atoms with Crippen molar-refractivity contribution >= 4 is 38.8 Å². The van der Waals surface area contributed by atoms with Crippen molar-refractivity contribution in [3.8, 4) is 22.4 Å². The molecule has 38 heavy (non-hydrogen) atoms. The van der Waals surface area contributed by atoms with Crippen molar-refractivity contribution in [1.82, 2.24) is 19.9 Å². The van der Waals surface area contributed by atoms with Crippen LogP contribution in [0.4, 0.5) is 0 Å². The highest BCUT2D eigenvalue weighted by Crippen LogP contribution is 2.37. The van der Waals surface area contributed by atoms with Crippen molar-refractivity contribution in [2.45, 2.75) is 39.2 Å². The van der Waals surface area contributed by atoms with Crippen LogP contribution in [0.5, 0.6) is 0 Å². The minimum Gasteiger partial charge on any atom is -0.339 e. The van der Waals surface area contributed by atoms with Gasteiger partial charge in [0, 0.05) is 27.9 Å². The molecular formula is C28H27ClN4O4S. The number of aryl methyl sites for hydroxylation is 2. The molecule has 1 N–H and O–H groups in total. The first-order valence-electron chi connectivity index (χ1n) is 12.3. The molecule has 0 radical (unpaired) electrons. The summed E-state index contributed by atoms with van der Waals surface area (Å²) in [6.07, 6.45) is 1.75. The van der Waals surface area contributed by atoms with Crippen molar-refractivity contribution in [3.63, 3.8) is 0 Å². The van der Waals surface area contributed by atoms with E-state index < -0.39 is 21.3 Å². The molecule has 1 aliphatic heterocycles. The van der Waals surface area contributed by atoms with Gasteiger partial charge in [0.1, 0.15) is 11.1 Å². The number of Topliss-reactive ketones (excluding diaryl/α,β-unsaturated/α-hetero) is 1. The van der Waals surface area contributed by atoms with Crippen LogP contribution in [-0.2, 0) is 14.6 Å². The summed E-state index contributed by atoms with van der Waals surface area (Å²) in [6.45, 7) is 5.09. The fraction of sp³-hybridized carbons (Fsp3) is 0.286. The maximum absolute atomic E-state index is 13.7. The molecule has 0 unspecified atom stereocenters. The third-order valence-corrected chi connectivity index (χ3v) is 9.22. The molecule has 3 heterocycles. The van der Waals surface area contributed by atoms with Gasteiger partial charge in [-0.05, 0) is 39.7 Å². The number of hydrogen-bond donors (Lipinski definition) is 1. The number of carbonyl (C=O) groups excluding carboxylic acids is 2. The minimum absolute atomic E-state index is 0.0351. The van der Waals surface area contributed by atoms with E-state index in [2.05, 4.69) is 10.3 Å². The van der Waals surface area contributed by atoms with E-state index in [4.69, 9.17) is 16.7 Å². The smallest absolute Gasteiger partial charge is 0.257 e. The molecule has 2 aromatic carbocycles. The van der Waals surface area contributed by atoms with Crippen LogP contribution >= 0.6 is 11.6 Å². The zero-order valence-corrected chi connectivity index (χ0v) is 22.9. The number of nitrogens with zero attached hydrogens (tertiary/aromatic N) is 3. The molecule has 196 valence electrons. The fourth-order valence-corrected chi connectivity index (χ4v) is 6.71. The molecule has 0 atom stereocenters. The van der Waals surface area contributed by atoms with E-state index in [9.17, 15) is 18.0 Å². The van der Waals surface area contributed by atoms with Crippen LogP contribution in [0.15, 0.2) is 54.7 Å². The molecule has 0 saturated carbocycles. The van der Waals surface area contributed by atoms with E-state index in [0.29, 0.717) is 16.4 Å². The average molecular weight is 551 g/mol. The molecule has 1 aliphatic rings. The minimum atomic E-state index is -3.24. The number of ketones is 1. The lowest BCUT2D eigenvalue weighted by atomic mass is 9.87. The van der Waals surface area contributed by atoms with Crippen molar-refractivity contribution < 1.29 is 18.0 Å². The van der Waals surface area contributed by atoms with Gasteiger partial charge in [-0.3, -0.25) is 9.59 Å². The lowest BCUT2D eigenvalue weighted by Crippen LogP contribution is -2.57. The second-order valence-electron chi connectivity index (χ2n) is 9.81. The lowest BCUT2D eigenvalue weighted by Gasteiger charge is -2.35. The number of sulfone groups is 1. The van der Waals surface area contributed by atoms with Crippen LogP contribution in [0, 0.1) is 13.8 Å². The topological polar surface area (TPSA) is 110 Å². The van der Waals surface area contributed by atoms with E-state index in [1.165, 1.54) is 6.92 Å². The summed E-state index contributed by atoms with van der Waals surface area (Å²) < 4.78 is 25.7. The monoisotopic (exact) mass is 550 g/mol. The van der Waals surface area contributed by atoms with Crippen LogP contribution in [0.1, 0.15) is 41.4 Å². The molecule has 1 amide bonds. The van der Waals surface area contributed by atoms with Gasteiger partial charge in [0.25, 0.3) is 5.91 Å². The molecule has 0 bridgehead atoms. The van der Waals surface area contributed by atoms with Crippen molar-refractivity contribution in [3.05, 3.63) is 76.6 Å². The maximum atomic E-state index is 13.7. The summed E-state index contributed by atoms with van der Waals surface area (Å²) >= 11 is 6.56. The Kier molecular flexibility index (Phi) is 6.61.